The number of hydrogen-bond acceptors (Lipinski definition) is 4. The van der Waals surface area contributed by atoms with Crippen LogP contribution in [0.1, 0.15) is 69.7 Å². The number of rotatable bonds is 4. The molecule has 0 saturated heterocycles. The molecule has 22 heavy (non-hydrogen) atoms. The van der Waals surface area contributed by atoms with Gasteiger partial charge in [-0.1, -0.05) is 19.3 Å². The highest BCUT2D eigenvalue weighted by atomic mass is 16.3. The Balaban J connectivity index is 1.53. The zero-order valence-electron chi connectivity index (χ0n) is 13.1. The topological polar surface area (TPSA) is 80.0 Å². The fourth-order valence-corrected chi connectivity index (χ4v) is 3.71. The third kappa shape index (κ3) is 3.66. The van der Waals surface area contributed by atoms with Crippen LogP contribution in [0.5, 0.6) is 0 Å². The lowest BCUT2D eigenvalue weighted by Crippen LogP contribution is -2.34. The molecule has 2 saturated carbocycles. The first-order chi connectivity index (χ1) is 10.7. The molecule has 0 aliphatic heterocycles. The predicted octanol–water partition coefficient (Wildman–Crippen LogP) is 1.95. The lowest BCUT2D eigenvalue weighted by atomic mass is 9.87. The van der Waals surface area contributed by atoms with Crippen molar-refractivity contribution >= 4 is 5.91 Å². The Hall–Kier alpha value is -1.43. The molecule has 2 fully saturated rings. The molecule has 0 unspecified atom stereocenters. The number of aliphatic hydroxyl groups is 1. The summed E-state index contributed by atoms with van der Waals surface area (Å²) in [5.74, 6) is 0.982. The maximum atomic E-state index is 12.2. The summed E-state index contributed by atoms with van der Waals surface area (Å²) in [6.45, 7) is 0.453. The van der Waals surface area contributed by atoms with Gasteiger partial charge in [0.2, 0.25) is 5.91 Å². The first kappa shape index (κ1) is 15.5. The molecule has 0 radical (unpaired) electrons. The second-order valence-electron chi connectivity index (χ2n) is 6.67. The number of carbonyl (C=O) groups is 1. The summed E-state index contributed by atoms with van der Waals surface area (Å²) in [4.78, 5) is 12.2. The molecule has 122 valence electrons. The highest BCUT2D eigenvalue weighted by molar-refractivity contribution is 5.78. The molecule has 0 aromatic carbocycles. The molecule has 2 aliphatic rings. The molecule has 1 aromatic rings. The second kappa shape index (κ2) is 7.22. The third-order valence-corrected chi connectivity index (χ3v) is 5.10. The second-order valence-corrected chi connectivity index (χ2v) is 6.67. The highest BCUT2D eigenvalue weighted by Crippen LogP contribution is 2.28. The van der Waals surface area contributed by atoms with Gasteiger partial charge in [0, 0.05) is 12.0 Å². The number of amides is 1. The van der Waals surface area contributed by atoms with E-state index in [1.807, 2.05) is 0 Å². The Labute approximate surface area is 131 Å². The van der Waals surface area contributed by atoms with Crippen molar-refractivity contribution in [2.24, 2.45) is 5.92 Å². The van der Waals surface area contributed by atoms with Crippen LogP contribution in [-0.4, -0.2) is 31.9 Å². The number of aromatic nitrogens is 3. The predicted molar refractivity (Wildman–Crippen MR) is 82.0 cm³/mol. The molecule has 6 nitrogen and oxygen atoms in total. The van der Waals surface area contributed by atoms with Crippen LogP contribution in [0.2, 0.25) is 0 Å². The van der Waals surface area contributed by atoms with E-state index in [4.69, 9.17) is 0 Å². The summed E-state index contributed by atoms with van der Waals surface area (Å²) in [5, 5.41) is 20.7. The Morgan fingerprint density at radius 3 is 2.64 bits per heavy atom. The summed E-state index contributed by atoms with van der Waals surface area (Å²) >= 11 is 0. The van der Waals surface area contributed by atoms with E-state index < -0.39 is 0 Å². The van der Waals surface area contributed by atoms with Gasteiger partial charge in [0.05, 0.1) is 12.6 Å². The normalized spacial score (nSPS) is 26.8. The zero-order valence-corrected chi connectivity index (χ0v) is 13.1. The van der Waals surface area contributed by atoms with Gasteiger partial charge in [0.15, 0.2) is 5.82 Å². The molecule has 0 atom stereocenters. The van der Waals surface area contributed by atoms with Crippen LogP contribution in [0.3, 0.4) is 0 Å². The van der Waals surface area contributed by atoms with E-state index in [0.717, 1.165) is 31.5 Å². The number of hydrogen-bond donors (Lipinski definition) is 2. The molecule has 2 N–H and O–H groups in total. The molecule has 6 heteroatoms. The van der Waals surface area contributed by atoms with Crippen molar-refractivity contribution < 1.29 is 9.90 Å². The van der Waals surface area contributed by atoms with Crippen LogP contribution in [-0.2, 0) is 11.3 Å². The van der Waals surface area contributed by atoms with Crippen LogP contribution in [0, 0.1) is 5.92 Å². The number of carbonyl (C=O) groups excluding carboxylic acids is 1. The van der Waals surface area contributed by atoms with Crippen LogP contribution in [0.25, 0.3) is 0 Å². The quantitative estimate of drug-likeness (QED) is 0.891. The zero-order chi connectivity index (χ0) is 15.4. The first-order valence-electron chi connectivity index (χ1n) is 8.58. The van der Waals surface area contributed by atoms with E-state index in [1.54, 1.807) is 6.33 Å². The SMILES string of the molecule is O=C(NCc1nncn1C1CCCCC1)C1CCC(O)CC1. The number of aliphatic hydroxyl groups excluding tert-OH is 1. The van der Waals surface area contributed by atoms with Crippen LogP contribution in [0.4, 0.5) is 0 Å². The molecular weight excluding hydrogens is 280 g/mol. The summed E-state index contributed by atoms with van der Waals surface area (Å²) in [6.07, 6.45) is 10.8. The van der Waals surface area contributed by atoms with Gasteiger partial charge in [-0.2, -0.15) is 0 Å². The van der Waals surface area contributed by atoms with Crippen molar-refractivity contribution in [3.8, 4) is 0 Å². The minimum absolute atomic E-state index is 0.0365. The summed E-state index contributed by atoms with van der Waals surface area (Å²) in [6, 6.07) is 0.487. The fourth-order valence-electron chi connectivity index (χ4n) is 3.71. The van der Waals surface area contributed by atoms with Crippen LogP contribution >= 0.6 is 0 Å². The average Bonchev–Trinajstić information content (AvgIpc) is 3.02. The average molecular weight is 306 g/mol. The van der Waals surface area contributed by atoms with Crippen LogP contribution < -0.4 is 5.32 Å². The van der Waals surface area contributed by atoms with Crippen molar-refractivity contribution in [2.45, 2.75) is 76.5 Å². The monoisotopic (exact) mass is 306 g/mol. The largest absolute Gasteiger partial charge is 0.393 e. The minimum atomic E-state index is -0.224. The molecular formula is C16H26N4O2. The molecule has 1 aromatic heterocycles. The van der Waals surface area contributed by atoms with Crippen molar-refractivity contribution in [1.82, 2.24) is 20.1 Å². The lowest BCUT2D eigenvalue weighted by molar-refractivity contribution is -0.126. The summed E-state index contributed by atoms with van der Waals surface area (Å²) in [5.41, 5.74) is 0. The standard InChI is InChI=1S/C16H26N4O2/c21-14-8-6-12(7-9-14)16(22)17-10-15-19-18-11-20(15)13-4-2-1-3-5-13/h11-14,21H,1-10H2,(H,17,22). The molecule has 0 spiro atoms. The maximum absolute atomic E-state index is 12.2. The molecule has 1 amide bonds. The van der Waals surface area contributed by atoms with E-state index in [2.05, 4.69) is 20.1 Å². The summed E-state index contributed by atoms with van der Waals surface area (Å²) in [7, 11) is 0. The lowest BCUT2D eigenvalue weighted by Gasteiger charge is -2.25. The first-order valence-corrected chi connectivity index (χ1v) is 8.58. The summed E-state index contributed by atoms with van der Waals surface area (Å²) < 4.78 is 2.14. The Bertz CT molecular complexity index is 488. The van der Waals surface area contributed by atoms with Crippen molar-refractivity contribution in [3.63, 3.8) is 0 Å². The molecule has 0 bridgehead atoms. The van der Waals surface area contributed by atoms with Gasteiger partial charge >= 0.3 is 0 Å². The Kier molecular flexibility index (Phi) is 5.08. The Morgan fingerprint density at radius 2 is 1.91 bits per heavy atom. The van der Waals surface area contributed by atoms with Gasteiger partial charge in [-0.25, -0.2) is 0 Å². The van der Waals surface area contributed by atoms with Crippen molar-refractivity contribution in [2.75, 3.05) is 0 Å². The number of nitrogens with one attached hydrogen (secondary N) is 1. The number of nitrogens with zero attached hydrogens (tertiary/aromatic N) is 3. The van der Waals surface area contributed by atoms with Crippen molar-refractivity contribution in [1.29, 1.82) is 0 Å². The van der Waals surface area contributed by atoms with E-state index in [1.165, 1.54) is 32.1 Å². The Morgan fingerprint density at radius 1 is 1.18 bits per heavy atom. The van der Waals surface area contributed by atoms with E-state index in [0.29, 0.717) is 12.6 Å². The molecule has 3 rings (SSSR count). The third-order valence-electron chi connectivity index (χ3n) is 5.10. The smallest absolute Gasteiger partial charge is 0.223 e. The maximum Gasteiger partial charge on any atom is 0.223 e. The molecule has 2 aliphatic carbocycles. The molecule has 1 heterocycles. The fraction of sp³-hybridized carbons (Fsp3) is 0.812. The van der Waals surface area contributed by atoms with Crippen LogP contribution in [0.15, 0.2) is 6.33 Å². The van der Waals surface area contributed by atoms with Gasteiger partial charge in [0.25, 0.3) is 0 Å². The van der Waals surface area contributed by atoms with Crippen molar-refractivity contribution in [3.05, 3.63) is 12.2 Å². The van der Waals surface area contributed by atoms with Gasteiger partial charge in [-0.3, -0.25) is 4.79 Å². The highest BCUT2D eigenvalue weighted by Gasteiger charge is 2.25. The van der Waals surface area contributed by atoms with Gasteiger partial charge in [0.1, 0.15) is 6.33 Å². The van der Waals surface area contributed by atoms with E-state index >= 15 is 0 Å². The van der Waals surface area contributed by atoms with E-state index in [-0.39, 0.29) is 17.9 Å². The van der Waals surface area contributed by atoms with E-state index in [9.17, 15) is 9.90 Å². The van der Waals surface area contributed by atoms with Gasteiger partial charge in [-0.05, 0) is 38.5 Å². The van der Waals surface area contributed by atoms with Gasteiger partial charge in [-0.15, -0.1) is 10.2 Å². The minimum Gasteiger partial charge on any atom is -0.393 e. The van der Waals surface area contributed by atoms with Gasteiger partial charge < -0.3 is 15.0 Å².